The molecule has 0 aliphatic rings. The molecule has 4 amide bonds. The van der Waals surface area contributed by atoms with Gasteiger partial charge in [0.05, 0.1) is 6.26 Å². The molecule has 0 fully saturated rings. The van der Waals surface area contributed by atoms with E-state index in [4.69, 9.17) is 4.42 Å². The third kappa shape index (κ3) is 6.01. The quantitative estimate of drug-likeness (QED) is 0.524. The van der Waals surface area contributed by atoms with Crippen LogP contribution in [0.4, 0.5) is 16.2 Å². The highest BCUT2D eigenvalue weighted by atomic mass is 16.3. The summed E-state index contributed by atoms with van der Waals surface area (Å²) < 4.78 is 5.05. The largest absolute Gasteiger partial charge is 0.459 e. The highest BCUT2D eigenvalue weighted by molar-refractivity contribution is 6.00. The lowest BCUT2D eigenvalue weighted by molar-refractivity contribution is -0.118. The number of urea groups is 1. The van der Waals surface area contributed by atoms with E-state index in [1.807, 2.05) is 13.8 Å². The van der Waals surface area contributed by atoms with Crippen molar-refractivity contribution in [3.05, 3.63) is 61.1 Å². The maximum absolute atomic E-state index is 12.6. The first-order chi connectivity index (χ1) is 13.4. The number of carbonyl (C=O) groups excluding carboxylic acids is 3. The Bertz CT molecular complexity index is 813. The van der Waals surface area contributed by atoms with Crippen LogP contribution in [-0.2, 0) is 4.79 Å². The molecule has 0 saturated heterocycles. The van der Waals surface area contributed by atoms with Gasteiger partial charge in [-0.2, -0.15) is 0 Å². The lowest BCUT2D eigenvalue weighted by atomic mass is 10.0. The Morgan fingerprint density at radius 2 is 1.71 bits per heavy atom. The van der Waals surface area contributed by atoms with E-state index in [0.29, 0.717) is 17.9 Å². The van der Waals surface area contributed by atoms with Gasteiger partial charge >= 0.3 is 6.03 Å². The second-order valence-corrected chi connectivity index (χ2v) is 6.36. The third-order valence-corrected chi connectivity index (χ3v) is 3.80. The summed E-state index contributed by atoms with van der Waals surface area (Å²) in [6.45, 7) is 7.55. The van der Waals surface area contributed by atoms with E-state index >= 15 is 0 Å². The van der Waals surface area contributed by atoms with Crippen molar-refractivity contribution in [2.75, 3.05) is 17.2 Å². The van der Waals surface area contributed by atoms with Gasteiger partial charge in [0.2, 0.25) is 5.91 Å². The molecule has 148 valence electrons. The van der Waals surface area contributed by atoms with E-state index in [9.17, 15) is 14.4 Å². The number of anilines is 2. The molecule has 0 radical (unpaired) electrons. The van der Waals surface area contributed by atoms with Crippen LogP contribution in [0, 0.1) is 5.92 Å². The smallest absolute Gasteiger partial charge is 0.319 e. The molecule has 1 unspecified atom stereocenters. The van der Waals surface area contributed by atoms with Crippen LogP contribution in [0.1, 0.15) is 24.4 Å². The van der Waals surface area contributed by atoms with Gasteiger partial charge in [-0.25, -0.2) is 4.79 Å². The van der Waals surface area contributed by atoms with Crippen LogP contribution in [0.2, 0.25) is 0 Å². The predicted octanol–water partition coefficient (Wildman–Crippen LogP) is 2.98. The summed E-state index contributed by atoms with van der Waals surface area (Å²) in [7, 11) is 0. The number of hydrogen-bond acceptors (Lipinski definition) is 4. The molecule has 2 rings (SSSR count). The summed E-state index contributed by atoms with van der Waals surface area (Å²) in [6, 6.07) is 8.69. The highest BCUT2D eigenvalue weighted by Crippen LogP contribution is 2.15. The zero-order valence-corrected chi connectivity index (χ0v) is 15.8. The molecular weight excluding hydrogens is 360 g/mol. The molecule has 0 spiro atoms. The van der Waals surface area contributed by atoms with Gasteiger partial charge in [-0.3, -0.25) is 9.59 Å². The predicted molar refractivity (Wildman–Crippen MR) is 107 cm³/mol. The van der Waals surface area contributed by atoms with E-state index in [1.165, 1.54) is 12.3 Å². The molecule has 0 bridgehead atoms. The van der Waals surface area contributed by atoms with Crippen molar-refractivity contribution in [2.45, 2.75) is 19.9 Å². The van der Waals surface area contributed by atoms with Crippen LogP contribution in [0.25, 0.3) is 0 Å². The monoisotopic (exact) mass is 384 g/mol. The van der Waals surface area contributed by atoms with Gasteiger partial charge in [-0.1, -0.05) is 19.9 Å². The second kappa shape index (κ2) is 9.96. The first kappa shape index (κ1) is 20.8. The van der Waals surface area contributed by atoms with Gasteiger partial charge in [-0.15, -0.1) is 6.58 Å². The summed E-state index contributed by atoms with van der Waals surface area (Å²) >= 11 is 0. The fourth-order valence-corrected chi connectivity index (χ4v) is 2.35. The normalized spacial score (nSPS) is 11.4. The van der Waals surface area contributed by atoms with Crippen LogP contribution < -0.4 is 21.3 Å². The minimum absolute atomic E-state index is 0.131. The molecule has 0 aliphatic carbocycles. The van der Waals surface area contributed by atoms with Crippen LogP contribution in [0.3, 0.4) is 0 Å². The average Bonchev–Trinajstić information content (AvgIpc) is 3.20. The summed E-state index contributed by atoms with van der Waals surface area (Å²) in [5.74, 6) is -0.791. The first-order valence-electron chi connectivity index (χ1n) is 8.81. The molecule has 1 atom stereocenters. The Balaban J connectivity index is 1.96. The Morgan fingerprint density at radius 1 is 1.07 bits per heavy atom. The molecule has 8 nitrogen and oxygen atoms in total. The lowest BCUT2D eigenvalue weighted by Gasteiger charge is -2.21. The number of nitrogens with one attached hydrogen (secondary N) is 4. The van der Waals surface area contributed by atoms with Crippen molar-refractivity contribution in [2.24, 2.45) is 5.92 Å². The van der Waals surface area contributed by atoms with Gasteiger partial charge in [0, 0.05) is 17.9 Å². The van der Waals surface area contributed by atoms with Crippen molar-refractivity contribution >= 4 is 29.2 Å². The Morgan fingerprint density at radius 3 is 2.25 bits per heavy atom. The molecule has 4 N–H and O–H groups in total. The second-order valence-electron chi connectivity index (χ2n) is 6.36. The topological polar surface area (TPSA) is 112 Å². The Kier molecular flexibility index (Phi) is 7.38. The molecule has 2 aromatic rings. The van der Waals surface area contributed by atoms with E-state index < -0.39 is 11.9 Å². The fourth-order valence-electron chi connectivity index (χ4n) is 2.35. The van der Waals surface area contributed by atoms with Crippen molar-refractivity contribution in [1.82, 2.24) is 10.6 Å². The lowest BCUT2D eigenvalue weighted by Crippen LogP contribution is -2.47. The third-order valence-electron chi connectivity index (χ3n) is 3.80. The highest BCUT2D eigenvalue weighted by Gasteiger charge is 2.25. The fraction of sp³-hybridized carbons (Fsp3) is 0.250. The van der Waals surface area contributed by atoms with Crippen LogP contribution in [-0.4, -0.2) is 30.4 Å². The van der Waals surface area contributed by atoms with E-state index in [1.54, 1.807) is 36.4 Å². The van der Waals surface area contributed by atoms with Crippen LogP contribution >= 0.6 is 0 Å². The molecule has 0 aliphatic heterocycles. The number of amides is 4. The van der Waals surface area contributed by atoms with Crippen molar-refractivity contribution in [3.8, 4) is 0 Å². The summed E-state index contributed by atoms with van der Waals surface area (Å²) in [6.07, 6.45) is 2.97. The SMILES string of the molecule is C=CCNC(=O)Nc1ccc(NC(=O)C(NC(=O)c2ccco2)C(C)C)cc1. The molecule has 1 aromatic heterocycles. The molecule has 1 heterocycles. The van der Waals surface area contributed by atoms with E-state index in [2.05, 4.69) is 27.8 Å². The Hall–Kier alpha value is -3.55. The number of furan rings is 1. The van der Waals surface area contributed by atoms with Crippen LogP contribution in [0.5, 0.6) is 0 Å². The van der Waals surface area contributed by atoms with E-state index in [-0.39, 0.29) is 23.6 Å². The number of carbonyl (C=O) groups is 3. The standard InChI is InChI=1S/C20H24N4O4/c1-4-11-21-20(27)23-15-9-7-14(8-10-15)22-19(26)17(13(2)3)24-18(25)16-6-5-12-28-16/h4-10,12-13,17H,1,11H2,2-3H3,(H,22,26)(H,24,25)(H2,21,23,27). The molecular formula is C20H24N4O4. The van der Waals surface area contributed by atoms with Crippen LogP contribution in [0.15, 0.2) is 59.7 Å². The van der Waals surface area contributed by atoms with Gasteiger partial charge in [-0.05, 0) is 42.3 Å². The van der Waals surface area contributed by atoms with Gasteiger partial charge in [0.25, 0.3) is 5.91 Å². The zero-order valence-electron chi connectivity index (χ0n) is 15.8. The summed E-state index contributed by atoms with van der Waals surface area (Å²) in [4.78, 5) is 36.4. The molecule has 28 heavy (non-hydrogen) atoms. The Labute approximate surface area is 163 Å². The van der Waals surface area contributed by atoms with Crippen molar-refractivity contribution in [1.29, 1.82) is 0 Å². The molecule has 8 heteroatoms. The van der Waals surface area contributed by atoms with Gasteiger partial charge < -0.3 is 25.7 Å². The minimum Gasteiger partial charge on any atom is -0.459 e. The minimum atomic E-state index is -0.736. The van der Waals surface area contributed by atoms with Gasteiger partial charge in [0.15, 0.2) is 5.76 Å². The molecule has 1 aromatic carbocycles. The number of benzene rings is 1. The zero-order chi connectivity index (χ0) is 20.5. The maximum atomic E-state index is 12.6. The number of rotatable bonds is 8. The van der Waals surface area contributed by atoms with Crippen molar-refractivity contribution < 1.29 is 18.8 Å². The van der Waals surface area contributed by atoms with E-state index in [0.717, 1.165) is 0 Å². The molecule has 0 saturated carbocycles. The summed E-state index contributed by atoms with van der Waals surface area (Å²) in [5.41, 5.74) is 1.12. The number of hydrogen-bond donors (Lipinski definition) is 4. The van der Waals surface area contributed by atoms with Gasteiger partial charge in [0.1, 0.15) is 6.04 Å². The average molecular weight is 384 g/mol. The van der Waals surface area contributed by atoms with Crippen molar-refractivity contribution in [3.63, 3.8) is 0 Å². The first-order valence-corrected chi connectivity index (χ1v) is 8.81. The summed E-state index contributed by atoms with van der Waals surface area (Å²) in [5, 5.41) is 10.7. The maximum Gasteiger partial charge on any atom is 0.319 e.